The van der Waals surface area contributed by atoms with Gasteiger partial charge in [-0.05, 0) is 67.3 Å². The van der Waals surface area contributed by atoms with Crippen LogP contribution < -0.4 is 0 Å². The lowest BCUT2D eigenvalue weighted by molar-refractivity contribution is -0.0606. The van der Waals surface area contributed by atoms with E-state index in [1.54, 1.807) is 24.7 Å². The molecule has 34 heavy (non-hydrogen) atoms. The monoisotopic (exact) mass is 452 g/mol. The van der Waals surface area contributed by atoms with Gasteiger partial charge in [-0.2, -0.15) is 0 Å². The van der Waals surface area contributed by atoms with Crippen LogP contribution in [0.3, 0.4) is 0 Å². The van der Waals surface area contributed by atoms with Gasteiger partial charge in [-0.25, -0.2) is 4.98 Å². The molecule has 3 aromatic rings. The topological polar surface area (TPSA) is 69.6 Å². The molecule has 6 heteroatoms. The summed E-state index contributed by atoms with van der Waals surface area (Å²) in [6.07, 6.45) is 7.03. The van der Waals surface area contributed by atoms with Gasteiger partial charge in [-0.3, -0.25) is 14.7 Å². The number of aromatic nitrogens is 2. The fourth-order valence-corrected chi connectivity index (χ4v) is 5.16. The van der Waals surface area contributed by atoms with E-state index in [9.17, 15) is 9.90 Å². The zero-order valence-corrected chi connectivity index (χ0v) is 19.0. The van der Waals surface area contributed by atoms with Gasteiger partial charge in [-0.15, -0.1) is 0 Å². The maximum atomic E-state index is 13.2. The van der Waals surface area contributed by atoms with Crippen LogP contribution in [0.4, 0.5) is 0 Å². The molecule has 2 aliphatic heterocycles. The normalized spacial score (nSPS) is 22.4. The Morgan fingerprint density at radius 2 is 1.85 bits per heavy atom. The molecular weight excluding hydrogens is 424 g/mol. The SMILES string of the molecule is O=C(c1cccnc1)N1CCCCN2[C@H](C1)[C@H](c1ccc(C#Cc3ccccn3)cc1)[C@@H]2CO. The van der Waals surface area contributed by atoms with Crippen LogP contribution in [-0.4, -0.2) is 69.1 Å². The number of amides is 1. The predicted octanol–water partition coefficient (Wildman–Crippen LogP) is 2.94. The number of aliphatic hydroxyl groups excluding tert-OH is 1. The van der Waals surface area contributed by atoms with Crippen LogP contribution in [-0.2, 0) is 0 Å². The molecule has 0 bridgehead atoms. The number of pyridine rings is 2. The molecule has 1 amide bonds. The molecule has 2 aromatic heterocycles. The fourth-order valence-electron chi connectivity index (χ4n) is 5.16. The minimum absolute atomic E-state index is 0.0290. The summed E-state index contributed by atoms with van der Waals surface area (Å²) in [7, 11) is 0. The molecule has 1 N–H and O–H groups in total. The average Bonchev–Trinajstić information content (AvgIpc) is 2.88. The van der Waals surface area contributed by atoms with Crippen LogP contribution in [0.1, 0.15) is 45.9 Å². The molecule has 4 heterocycles. The van der Waals surface area contributed by atoms with Crippen LogP contribution in [0.15, 0.2) is 73.2 Å². The molecule has 1 aromatic carbocycles. The lowest BCUT2D eigenvalue weighted by atomic mass is 9.74. The summed E-state index contributed by atoms with van der Waals surface area (Å²) in [5, 5.41) is 10.2. The number of benzene rings is 1. The minimum atomic E-state index is 0.0290. The van der Waals surface area contributed by atoms with Gasteiger partial charge in [0, 0.05) is 55.2 Å². The van der Waals surface area contributed by atoms with Gasteiger partial charge in [0.2, 0.25) is 0 Å². The van der Waals surface area contributed by atoms with Crippen molar-refractivity contribution in [2.45, 2.75) is 30.8 Å². The Bertz CT molecular complexity index is 1170. The summed E-state index contributed by atoms with van der Waals surface area (Å²) in [5.74, 6) is 6.47. The maximum Gasteiger partial charge on any atom is 0.255 e. The van der Waals surface area contributed by atoms with Crippen LogP contribution in [0.5, 0.6) is 0 Å². The van der Waals surface area contributed by atoms with Crippen LogP contribution in [0.2, 0.25) is 0 Å². The second kappa shape index (κ2) is 10.2. The van der Waals surface area contributed by atoms with Crippen molar-refractivity contribution in [1.82, 2.24) is 19.8 Å². The molecule has 3 atom stereocenters. The first kappa shape index (κ1) is 22.3. The molecule has 0 spiro atoms. The molecule has 5 rings (SSSR count). The third kappa shape index (κ3) is 4.58. The molecule has 2 fully saturated rings. The standard InChI is InChI=1S/C28H28N4O2/c33-20-26-27(22-11-8-21(9-12-22)10-13-24-7-1-2-15-30-24)25-19-31(16-3-4-17-32(25)26)28(34)23-6-5-14-29-18-23/h1-2,5-9,11-12,14-15,18,25-27,33H,3-4,16-17,19-20H2/t25-,26+,27+/m1/s1. The van der Waals surface area contributed by atoms with Gasteiger partial charge in [-0.1, -0.05) is 24.1 Å². The van der Waals surface area contributed by atoms with Gasteiger partial charge in [0.1, 0.15) is 5.69 Å². The Morgan fingerprint density at radius 1 is 1.00 bits per heavy atom. The van der Waals surface area contributed by atoms with E-state index >= 15 is 0 Å². The van der Waals surface area contributed by atoms with Crippen LogP contribution >= 0.6 is 0 Å². The number of nitrogens with zero attached hydrogens (tertiary/aromatic N) is 4. The van der Waals surface area contributed by atoms with Gasteiger partial charge < -0.3 is 10.0 Å². The quantitative estimate of drug-likeness (QED) is 0.619. The van der Waals surface area contributed by atoms with E-state index in [0.717, 1.165) is 37.2 Å². The highest BCUT2D eigenvalue weighted by molar-refractivity contribution is 5.93. The number of hydrogen-bond acceptors (Lipinski definition) is 5. The lowest BCUT2D eigenvalue weighted by Crippen LogP contribution is -2.67. The first-order chi connectivity index (χ1) is 16.7. The second-order valence-corrected chi connectivity index (χ2v) is 8.87. The molecule has 0 aliphatic carbocycles. The van der Waals surface area contributed by atoms with E-state index in [4.69, 9.17) is 0 Å². The molecule has 0 unspecified atom stereocenters. The van der Waals surface area contributed by atoms with Crippen LogP contribution in [0, 0.1) is 11.8 Å². The average molecular weight is 453 g/mol. The van der Waals surface area contributed by atoms with E-state index in [1.807, 2.05) is 41.3 Å². The van der Waals surface area contributed by atoms with Gasteiger partial charge >= 0.3 is 0 Å². The summed E-state index contributed by atoms with van der Waals surface area (Å²) >= 11 is 0. The predicted molar refractivity (Wildman–Crippen MR) is 130 cm³/mol. The summed E-state index contributed by atoms with van der Waals surface area (Å²) in [6, 6.07) is 17.9. The molecule has 0 saturated carbocycles. The van der Waals surface area contributed by atoms with E-state index in [2.05, 4.69) is 38.8 Å². The second-order valence-electron chi connectivity index (χ2n) is 8.87. The van der Waals surface area contributed by atoms with Crippen molar-refractivity contribution in [2.24, 2.45) is 0 Å². The molecule has 6 nitrogen and oxygen atoms in total. The highest BCUT2D eigenvalue weighted by Crippen LogP contribution is 2.42. The van der Waals surface area contributed by atoms with Crippen molar-refractivity contribution in [3.05, 3.63) is 95.6 Å². The van der Waals surface area contributed by atoms with E-state index in [-0.39, 0.29) is 30.5 Å². The number of carbonyl (C=O) groups excluding carboxylic acids is 1. The number of rotatable bonds is 3. The lowest BCUT2D eigenvalue weighted by Gasteiger charge is -2.57. The minimum Gasteiger partial charge on any atom is -0.395 e. The van der Waals surface area contributed by atoms with Crippen molar-refractivity contribution in [3.63, 3.8) is 0 Å². The van der Waals surface area contributed by atoms with E-state index in [0.29, 0.717) is 12.1 Å². The highest BCUT2D eigenvalue weighted by Gasteiger charge is 2.49. The van der Waals surface area contributed by atoms with Crippen molar-refractivity contribution in [1.29, 1.82) is 0 Å². The van der Waals surface area contributed by atoms with Gasteiger partial charge in [0.05, 0.1) is 12.2 Å². The summed E-state index contributed by atoms with van der Waals surface area (Å²) in [5.41, 5.74) is 3.48. The molecule has 2 aliphatic rings. The first-order valence-corrected chi connectivity index (χ1v) is 11.8. The Balaban J connectivity index is 1.35. The summed E-state index contributed by atoms with van der Waals surface area (Å²) in [6.45, 7) is 2.46. The largest absolute Gasteiger partial charge is 0.395 e. The van der Waals surface area contributed by atoms with Crippen molar-refractivity contribution in [3.8, 4) is 11.8 Å². The van der Waals surface area contributed by atoms with Gasteiger partial charge in [0.15, 0.2) is 0 Å². The fraction of sp³-hybridized carbons (Fsp3) is 0.321. The Labute approximate surface area is 200 Å². The zero-order valence-electron chi connectivity index (χ0n) is 19.0. The highest BCUT2D eigenvalue weighted by atomic mass is 16.3. The maximum absolute atomic E-state index is 13.2. The summed E-state index contributed by atoms with van der Waals surface area (Å²) in [4.78, 5) is 25.9. The van der Waals surface area contributed by atoms with Gasteiger partial charge in [0.25, 0.3) is 5.91 Å². The van der Waals surface area contributed by atoms with E-state index < -0.39 is 0 Å². The van der Waals surface area contributed by atoms with Crippen molar-refractivity contribution < 1.29 is 9.90 Å². The smallest absolute Gasteiger partial charge is 0.255 e. The van der Waals surface area contributed by atoms with E-state index in [1.165, 1.54) is 5.56 Å². The molecular formula is C28H28N4O2. The third-order valence-electron chi connectivity index (χ3n) is 6.86. The zero-order chi connectivity index (χ0) is 23.3. The number of hydrogen-bond donors (Lipinski definition) is 1. The number of aliphatic hydroxyl groups is 1. The number of fused-ring (bicyclic) bond motifs is 1. The molecule has 172 valence electrons. The summed E-state index contributed by atoms with van der Waals surface area (Å²) < 4.78 is 0. The van der Waals surface area contributed by atoms with Crippen molar-refractivity contribution in [2.75, 3.05) is 26.2 Å². The molecule has 2 saturated heterocycles. The third-order valence-corrected chi connectivity index (χ3v) is 6.86. The van der Waals surface area contributed by atoms with Crippen molar-refractivity contribution >= 4 is 5.91 Å². The Hall–Kier alpha value is -3.53. The molecule has 0 radical (unpaired) electrons. The number of carbonyl (C=O) groups is 1. The Kier molecular flexibility index (Phi) is 6.66. The first-order valence-electron chi connectivity index (χ1n) is 11.8. The Morgan fingerprint density at radius 3 is 2.59 bits per heavy atom. The van der Waals surface area contributed by atoms with Crippen LogP contribution in [0.25, 0.3) is 0 Å².